The minimum Gasteiger partial charge on any atom is -0.466 e. The highest BCUT2D eigenvalue weighted by Gasteiger charge is 2.23. The Morgan fingerprint density at radius 2 is 1.78 bits per heavy atom. The van der Waals surface area contributed by atoms with E-state index in [1.807, 2.05) is 0 Å². The first-order valence-electron chi connectivity index (χ1n) is 5.35. The van der Waals surface area contributed by atoms with Gasteiger partial charge in [-0.25, -0.2) is 4.79 Å². The van der Waals surface area contributed by atoms with E-state index in [1.54, 1.807) is 0 Å². The number of carbonyl (C=O) groups excluding carboxylic acids is 1. The molecule has 0 amide bonds. The Balaban J connectivity index is 3.32. The Morgan fingerprint density at radius 3 is 2.33 bits per heavy atom. The summed E-state index contributed by atoms with van der Waals surface area (Å²) in [5, 5.41) is 0. The molecule has 4 nitrogen and oxygen atoms in total. The van der Waals surface area contributed by atoms with E-state index in [4.69, 9.17) is 42.7 Å². The molecule has 0 bridgehead atoms. The van der Waals surface area contributed by atoms with Crippen LogP contribution in [0.3, 0.4) is 0 Å². The monoisotopic (exact) mass is 334 g/mol. The SMILES string of the molecule is C=C(COCCOCCC[Si](Cl)(Cl)Cl)C(=O)OC. The summed E-state index contributed by atoms with van der Waals surface area (Å²) < 4.78 is 14.9. The van der Waals surface area contributed by atoms with Crippen LogP contribution in [0.25, 0.3) is 0 Å². The summed E-state index contributed by atoms with van der Waals surface area (Å²) in [7, 11) is 1.30. The lowest BCUT2D eigenvalue weighted by Gasteiger charge is -2.08. The predicted octanol–water partition coefficient (Wildman–Crippen LogP) is 2.79. The zero-order valence-electron chi connectivity index (χ0n) is 10.2. The predicted molar refractivity (Wildman–Crippen MR) is 75.5 cm³/mol. The summed E-state index contributed by atoms with van der Waals surface area (Å²) >= 11 is 17.1. The maximum atomic E-state index is 10.9. The molecule has 0 heterocycles. The van der Waals surface area contributed by atoms with E-state index in [0.29, 0.717) is 25.9 Å². The number of ether oxygens (including phenoxy) is 3. The molecule has 0 N–H and O–H groups in total. The number of esters is 1. The first-order valence-corrected chi connectivity index (χ1v) is 10.6. The van der Waals surface area contributed by atoms with Crippen LogP contribution in [0, 0.1) is 0 Å². The molecule has 106 valence electrons. The zero-order chi connectivity index (χ0) is 14.0. The molecule has 0 fully saturated rings. The fraction of sp³-hybridized carbons (Fsp3) is 0.700. The normalized spacial score (nSPS) is 11.3. The van der Waals surface area contributed by atoms with Gasteiger partial charge in [-0.15, -0.1) is 33.2 Å². The largest absolute Gasteiger partial charge is 0.466 e. The molecule has 0 aliphatic heterocycles. The van der Waals surface area contributed by atoms with Crippen molar-refractivity contribution in [2.24, 2.45) is 0 Å². The molecule has 0 atom stereocenters. The van der Waals surface area contributed by atoms with E-state index < -0.39 is 12.0 Å². The average Bonchev–Trinajstić information content (AvgIpc) is 2.29. The molecule has 0 aromatic carbocycles. The molecule has 0 saturated heterocycles. The minimum absolute atomic E-state index is 0.136. The van der Waals surface area contributed by atoms with Crippen LogP contribution in [0.1, 0.15) is 6.42 Å². The van der Waals surface area contributed by atoms with Crippen LogP contribution in [0.2, 0.25) is 6.04 Å². The van der Waals surface area contributed by atoms with E-state index in [-0.39, 0.29) is 12.2 Å². The van der Waals surface area contributed by atoms with E-state index in [0.717, 1.165) is 6.42 Å². The van der Waals surface area contributed by atoms with Crippen molar-refractivity contribution in [3.63, 3.8) is 0 Å². The molecule has 0 saturated carbocycles. The van der Waals surface area contributed by atoms with Crippen LogP contribution in [-0.2, 0) is 19.0 Å². The van der Waals surface area contributed by atoms with Gasteiger partial charge in [0.15, 0.2) is 0 Å². The molecule has 8 heteroatoms. The van der Waals surface area contributed by atoms with Crippen molar-refractivity contribution in [1.82, 2.24) is 0 Å². The highest BCUT2D eigenvalue weighted by atomic mass is 35.8. The van der Waals surface area contributed by atoms with Crippen LogP contribution in [-0.4, -0.2) is 45.5 Å². The molecule has 0 aliphatic rings. The summed E-state index contributed by atoms with van der Waals surface area (Å²) in [5.41, 5.74) is 0.278. The first-order chi connectivity index (χ1) is 8.37. The number of rotatable bonds is 10. The second kappa shape index (κ2) is 10.1. The molecule has 0 unspecified atom stereocenters. The maximum Gasteiger partial charge on any atom is 0.341 e. The summed E-state index contributed by atoms with van der Waals surface area (Å²) in [6.45, 7) is 4.99. The maximum absolute atomic E-state index is 10.9. The van der Waals surface area contributed by atoms with Gasteiger partial charge < -0.3 is 14.2 Å². The quantitative estimate of drug-likeness (QED) is 0.202. The Bertz CT molecular complexity index is 268. The van der Waals surface area contributed by atoms with Crippen molar-refractivity contribution in [1.29, 1.82) is 0 Å². The summed E-state index contributed by atoms with van der Waals surface area (Å²) in [5.74, 6) is -0.469. The molecular formula is C10H17Cl3O4Si. The highest BCUT2D eigenvalue weighted by molar-refractivity contribution is 7.64. The topological polar surface area (TPSA) is 44.8 Å². The first kappa shape index (κ1) is 18.2. The summed E-state index contributed by atoms with van der Waals surface area (Å²) in [6.07, 6.45) is 0.720. The number of carbonyl (C=O) groups is 1. The Kier molecular flexibility index (Phi) is 10.2. The smallest absolute Gasteiger partial charge is 0.341 e. The van der Waals surface area contributed by atoms with Gasteiger partial charge in [-0.1, -0.05) is 6.58 Å². The molecule has 0 aliphatic carbocycles. The van der Waals surface area contributed by atoms with E-state index in [2.05, 4.69) is 11.3 Å². The van der Waals surface area contributed by atoms with Gasteiger partial charge in [0.2, 0.25) is 0 Å². The second-order valence-corrected chi connectivity index (χ2v) is 12.8. The van der Waals surface area contributed by atoms with Crippen molar-refractivity contribution in [2.75, 3.05) is 33.5 Å². The number of methoxy groups -OCH3 is 1. The van der Waals surface area contributed by atoms with Crippen LogP contribution in [0.5, 0.6) is 0 Å². The van der Waals surface area contributed by atoms with Gasteiger partial charge in [0.1, 0.15) is 0 Å². The number of hydrogen-bond donors (Lipinski definition) is 0. The molecule has 0 aromatic heterocycles. The average molecular weight is 336 g/mol. The summed E-state index contributed by atoms with van der Waals surface area (Å²) in [6, 6.07) is -1.94. The molecule has 0 rings (SSSR count). The molecular weight excluding hydrogens is 319 g/mol. The Hall–Kier alpha value is 0.217. The van der Waals surface area contributed by atoms with Gasteiger partial charge >= 0.3 is 12.0 Å². The Labute approximate surface area is 122 Å². The molecule has 18 heavy (non-hydrogen) atoms. The zero-order valence-corrected chi connectivity index (χ0v) is 13.5. The van der Waals surface area contributed by atoms with Crippen molar-refractivity contribution in [2.45, 2.75) is 12.5 Å². The van der Waals surface area contributed by atoms with Crippen molar-refractivity contribution in [3.05, 3.63) is 12.2 Å². The van der Waals surface area contributed by atoms with Crippen molar-refractivity contribution in [3.8, 4) is 0 Å². The lowest BCUT2D eigenvalue weighted by atomic mass is 10.3. The number of halogens is 3. The standard InChI is InChI=1S/C10H17Cl3O4Si/c1-9(10(14)15-2)8-17-6-5-16-4-3-7-18(11,12)13/h1,3-8H2,2H3. The molecule has 0 spiro atoms. The Morgan fingerprint density at radius 1 is 1.17 bits per heavy atom. The lowest BCUT2D eigenvalue weighted by Crippen LogP contribution is -2.13. The fourth-order valence-corrected chi connectivity index (χ4v) is 2.74. The molecule has 0 aromatic rings. The fourth-order valence-electron chi connectivity index (χ4n) is 0.993. The van der Waals surface area contributed by atoms with Crippen molar-refractivity contribution >= 4 is 45.2 Å². The van der Waals surface area contributed by atoms with Gasteiger partial charge in [-0.05, 0) is 12.5 Å². The van der Waals surface area contributed by atoms with Gasteiger partial charge in [0.05, 0.1) is 32.5 Å². The van der Waals surface area contributed by atoms with Crippen LogP contribution < -0.4 is 0 Å². The lowest BCUT2D eigenvalue weighted by molar-refractivity contribution is -0.136. The number of hydrogen-bond acceptors (Lipinski definition) is 4. The van der Waals surface area contributed by atoms with E-state index in [9.17, 15) is 4.79 Å². The van der Waals surface area contributed by atoms with Crippen LogP contribution in [0.4, 0.5) is 0 Å². The van der Waals surface area contributed by atoms with E-state index in [1.165, 1.54) is 7.11 Å². The third-order valence-electron chi connectivity index (χ3n) is 1.87. The van der Waals surface area contributed by atoms with Crippen LogP contribution in [0.15, 0.2) is 12.2 Å². The second-order valence-electron chi connectivity index (χ2n) is 3.48. The third kappa shape index (κ3) is 11.3. The third-order valence-corrected chi connectivity index (χ3v) is 4.49. The van der Waals surface area contributed by atoms with Gasteiger partial charge in [0, 0.05) is 6.61 Å². The molecule has 0 radical (unpaired) electrons. The van der Waals surface area contributed by atoms with Crippen molar-refractivity contribution < 1.29 is 19.0 Å². The van der Waals surface area contributed by atoms with E-state index >= 15 is 0 Å². The van der Waals surface area contributed by atoms with Gasteiger partial charge in [0.25, 0.3) is 0 Å². The minimum atomic E-state index is -2.52. The van der Waals surface area contributed by atoms with Crippen LogP contribution >= 0.6 is 33.2 Å². The summed E-state index contributed by atoms with van der Waals surface area (Å²) in [4.78, 5) is 10.9. The van der Waals surface area contributed by atoms with Gasteiger partial charge in [-0.2, -0.15) is 0 Å². The van der Waals surface area contributed by atoms with Gasteiger partial charge in [-0.3, -0.25) is 0 Å². The highest BCUT2D eigenvalue weighted by Crippen LogP contribution is 2.26.